The quantitative estimate of drug-likeness (QED) is 0.603. The maximum atomic E-state index is 14.0. The fraction of sp³-hybridized carbons (Fsp3) is 0.400. The van der Waals surface area contributed by atoms with Crippen LogP contribution in [0.1, 0.15) is 36.7 Å². The molecule has 2 nitrogen and oxygen atoms in total. The van der Waals surface area contributed by atoms with E-state index in [1.54, 1.807) is 20.8 Å². The molecule has 1 aromatic carbocycles. The highest BCUT2D eigenvalue weighted by atomic mass is 19.4. The highest BCUT2D eigenvalue weighted by Gasteiger charge is 2.37. The second-order valence-corrected chi connectivity index (χ2v) is 5.54. The van der Waals surface area contributed by atoms with Crippen molar-refractivity contribution >= 4 is 5.91 Å². The van der Waals surface area contributed by atoms with Gasteiger partial charge in [-0.3, -0.25) is 4.79 Å². The SMILES string of the molecule is C=CCN(C(=O)c1cccc(C(F)(F)F)c1F)C(C)(C)C. The molecule has 0 saturated heterocycles. The van der Waals surface area contributed by atoms with Crippen molar-refractivity contribution in [2.75, 3.05) is 6.54 Å². The Morgan fingerprint density at radius 1 is 1.29 bits per heavy atom. The first-order valence-corrected chi connectivity index (χ1v) is 6.28. The van der Waals surface area contributed by atoms with Crippen molar-refractivity contribution in [1.29, 1.82) is 0 Å². The molecule has 1 aromatic rings. The summed E-state index contributed by atoms with van der Waals surface area (Å²) in [5.74, 6) is -2.35. The molecule has 0 fully saturated rings. The first-order chi connectivity index (χ1) is 9.50. The van der Waals surface area contributed by atoms with Gasteiger partial charge >= 0.3 is 6.18 Å². The van der Waals surface area contributed by atoms with Gasteiger partial charge in [0.05, 0.1) is 11.1 Å². The van der Waals surface area contributed by atoms with Gasteiger partial charge in [0, 0.05) is 12.1 Å². The summed E-state index contributed by atoms with van der Waals surface area (Å²) in [6.45, 7) is 8.74. The maximum Gasteiger partial charge on any atom is 0.419 e. The zero-order valence-corrected chi connectivity index (χ0v) is 12.1. The maximum absolute atomic E-state index is 14.0. The van der Waals surface area contributed by atoms with Crippen LogP contribution in [0.3, 0.4) is 0 Å². The van der Waals surface area contributed by atoms with Crippen molar-refractivity contribution in [3.63, 3.8) is 0 Å². The number of benzene rings is 1. The van der Waals surface area contributed by atoms with Crippen LogP contribution >= 0.6 is 0 Å². The average Bonchev–Trinajstić information content (AvgIpc) is 2.32. The molecule has 0 bridgehead atoms. The molecule has 116 valence electrons. The number of hydrogen-bond donors (Lipinski definition) is 0. The third kappa shape index (κ3) is 3.83. The topological polar surface area (TPSA) is 20.3 Å². The summed E-state index contributed by atoms with van der Waals surface area (Å²) in [5, 5.41) is 0. The van der Waals surface area contributed by atoms with E-state index in [2.05, 4.69) is 6.58 Å². The molecule has 0 spiro atoms. The van der Waals surface area contributed by atoms with Crippen molar-refractivity contribution in [1.82, 2.24) is 4.90 Å². The van der Waals surface area contributed by atoms with Crippen molar-refractivity contribution in [3.05, 3.63) is 47.8 Å². The van der Waals surface area contributed by atoms with Gasteiger partial charge in [-0.25, -0.2) is 4.39 Å². The normalized spacial score (nSPS) is 12.1. The first-order valence-electron chi connectivity index (χ1n) is 6.28. The largest absolute Gasteiger partial charge is 0.419 e. The van der Waals surface area contributed by atoms with Crippen LogP contribution < -0.4 is 0 Å². The van der Waals surface area contributed by atoms with E-state index in [0.717, 1.165) is 12.1 Å². The van der Waals surface area contributed by atoms with Crippen LogP contribution in [0.2, 0.25) is 0 Å². The van der Waals surface area contributed by atoms with E-state index in [1.165, 1.54) is 11.0 Å². The molecule has 21 heavy (non-hydrogen) atoms. The summed E-state index contributed by atoms with van der Waals surface area (Å²) in [5.41, 5.74) is -2.71. The number of nitrogens with zero attached hydrogens (tertiary/aromatic N) is 1. The average molecular weight is 303 g/mol. The van der Waals surface area contributed by atoms with Crippen molar-refractivity contribution < 1.29 is 22.4 Å². The fourth-order valence-corrected chi connectivity index (χ4v) is 1.85. The summed E-state index contributed by atoms with van der Waals surface area (Å²) in [6.07, 6.45) is -3.40. The molecule has 0 saturated carbocycles. The number of carbonyl (C=O) groups is 1. The smallest absolute Gasteiger partial charge is 0.330 e. The molecule has 1 rings (SSSR count). The molecular weight excluding hydrogens is 286 g/mol. The van der Waals surface area contributed by atoms with E-state index >= 15 is 0 Å². The molecule has 0 aromatic heterocycles. The van der Waals surface area contributed by atoms with Crippen LogP contribution in [0, 0.1) is 5.82 Å². The molecule has 0 aliphatic rings. The van der Waals surface area contributed by atoms with Crippen molar-refractivity contribution in [3.8, 4) is 0 Å². The van der Waals surface area contributed by atoms with E-state index in [4.69, 9.17) is 0 Å². The minimum Gasteiger partial charge on any atom is -0.330 e. The van der Waals surface area contributed by atoms with Gasteiger partial charge in [0.15, 0.2) is 0 Å². The Kier molecular flexibility index (Phi) is 4.81. The van der Waals surface area contributed by atoms with Gasteiger partial charge in [-0.2, -0.15) is 13.2 Å². The van der Waals surface area contributed by atoms with E-state index in [0.29, 0.717) is 6.07 Å². The van der Waals surface area contributed by atoms with Crippen molar-refractivity contribution in [2.24, 2.45) is 0 Å². The van der Waals surface area contributed by atoms with E-state index in [1.807, 2.05) is 0 Å². The zero-order valence-electron chi connectivity index (χ0n) is 12.1. The minimum atomic E-state index is -4.84. The number of carbonyl (C=O) groups excluding carboxylic acids is 1. The summed E-state index contributed by atoms with van der Waals surface area (Å²) in [6, 6.07) is 2.68. The third-order valence-electron chi connectivity index (χ3n) is 2.90. The van der Waals surface area contributed by atoms with Crippen LogP contribution in [0.5, 0.6) is 0 Å². The Bertz CT molecular complexity index is 544. The Hall–Kier alpha value is -1.85. The first kappa shape index (κ1) is 17.2. The van der Waals surface area contributed by atoms with Gasteiger partial charge in [-0.15, -0.1) is 6.58 Å². The lowest BCUT2D eigenvalue weighted by Crippen LogP contribution is -2.46. The van der Waals surface area contributed by atoms with Gasteiger partial charge in [-0.05, 0) is 32.9 Å². The number of halogens is 4. The Labute approximate surface area is 121 Å². The Morgan fingerprint density at radius 2 is 1.86 bits per heavy atom. The highest BCUT2D eigenvalue weighted by Crippen LogP contribution is 2.33. The summed E-state index contributed by atoms with van der Waals surface area (Å²) < 4.78 is 52.1. The summed E-state index contributed by atoms with van der Waals surface area (Å²) >= 11 is 0. The fourth-order valence-electron chi connectivity index (χ4n) is 1.85. The highest BCUT2D eigenvalue weighted by molar-refractivity contribution is 5.95. The van der Waals surface area contributed by atoms with E-state index < -0.39 is 34.6 Å². The standard InChI is InChI=1S/C15H17F4NO/c1-5-9-20(14(2,3)4)13(21)10-7-6-8-11(12(10)16)15(17,18)19/h5-8H,1,9H2,2-4H3. The zero-order chi connectivity index (χ0) is 16.4. The molecule has 6 heteroatoms. The predicted octanol–water partition coefficient (Wildman–Crippen LogP) is 4.27. The van der Waals surface area contributed by atoms with E-state index in [9.17, 15) is 22.4 Å². The van der Waals surface area contributed by atoms with Gasteiger partial charge in [0.25, 0.3) is 5.91 Å². The molecule has 1 amide bonds. The third-order valence-corrected chi connectivity index (χ3v) is 2.90. The molecule has 0 aliphatic carbocycles. The number of amides is 1. The second-order valence-electron chi connectivity index (χ2n) is 5.54. The molecule has 0 atom stereocenters. The van der Waals surface area contributed by atoms with Gasteiger partial charge in [0.1, 0.15) is 5.82 Å². The minimum absolute atomic E-state index is 0.109. The molecular formula is C15H17F4NO. The van der Waals surface area contributed by atoms with Crippen molar-refractivity contribution in [2.45, 2.75) is 32.5 Å². The van der Waals surface area contributed by atoms with Crippen LogP contribution in [0.4, 0.5) is 17.6 Å². The van der Waals surface area contributed by atoms with Crippen LogP contribution in [0.25, 0.3) is 0 Å². The van der Waals surface area contributed by atoms with Gasteiger partial charge in [-0.1, -0.05) is 12.1 Å². The monoisotopic (exact) mass is 303 g/mol. The number of rotatable bonds is 3. The molecule has 0 aliphatic heterocycles. The summed E-state index contributed by atoms with van der Waals surface area (Å²) in [7, 11) is 0. The second kappa shape index (κ2) is 5.87. The van der Waals surface area contributed by atoms with Gasteiger partial charge < -0.3 is 4.90 Å². The number of alkyl halides is 3. The summed E-state index contributed by atoms with van der Waals surface area (Å²) in [4.78, 5) is 13.6. The molecule has 0 N–H and O–H groups in total. The Morgan fingerprint density at radius 3 is 2.29 bits per heavy atom. The molecule has 0 heterocycles. The lowest BCUT2D eigenvalue weighted by atomic mass is 10.0. The van der Waals surface area contributed by atoms with Gasteiger partial charge in [0.2, 0.25) is 0 Å². The molecule has 0 radical (unpaired) electrons. The van der Waals surface area contributed by atoms with Crippen LogP contribution in [0.15, 0.2) is 30.9 Å². The van der Waals surface area contributed by atoms with Crippen LogP contribution in [-0.4, -0.2) is 22.9 Å². The van der Waals surface area contributed by atoms with Crippen LogP contribution in [-0.2, 0) is 6.18 Å². The van der Waals surface area contributed by atoms with E-state index in [-0.39, 0.29) is 6.54 Å². The molecule has 0 unspecified atom stereocenters. The number of hydrogen-bond acceptors (Lipinski definition) is 1. The lowest BCUT2D eigenvalue weighted by Gasteiger charge is -2.35. The lowest BCUT2D eigenvalue weighted by molar-refractivity contribution is -0.140. The predicted molar refractivity (Wildman–Crippen MR) is 72.4 cm³/mol. The Balaban J connectivity index is 3.33.